The number of carbonyl (C=O) groups excluding carboxylic acids is 4. The number of hydrogen-bond donors (Lipinski definition) is 6. The van der Waals surface area contributed by atoms with Gasteiger partial charge >= 0.3 is 11.9 Å². The first-order valence-electron chi connectivity index (χ1n) is 12.0. The molecule has 0 aromatic carbocycles. The van der Waals surface area contributed by atoms with Crippen LogP contribution in [-0.2, 0) is 33.5 Å². The van der Waals surface area contributed by atoms with Gasteiger partial charge in [0, 0.05) is 32.4 Å². The molecule has 13 heteroatoms. The summed E-state index contributed by atoms with van der Waals surface area (Å²) in [4.78, 5) is 70.2. The minimum absolute atomic E-state index is 0.0623. The number of aliphatic carboxylic acids is 2. The van der Waals surface area contributed by atoms with Crippen molar-refractivity contribution in [1.82, 2.24) is 16.0 Å². The molecule has 0 aromatic rings. The Hall–Kier alpha value is -2.90. The van der Waals surface area contributed by atoms with Gasteiger partial charge in [-0.25, -0.2) is 4.79 Å². The third-order valence-electron chi connectivity index (χ3n) is 5.46. The fourth-order valence-electron chi connectivity index (χ4n) is 3.35. The standard InChI is InChI=1S/C23H39N3O10/c1-3-36-14-21(31)26-18(23(34)35)9-8-16(28)12-15(22(32)33)7-10-20(30)25-11-5-4-6-17(24-2)19(29)13-27/h15,17-18,24,27H,3-14H2,1-2H3,(H,25,30)(H,26,31)(H,32,33)(H,34,35)/t15-,17+,18+/m1/s1. The van der Waals surface area contributed by atoms with Crippen LogP contribution >= 0.6 is 0 Å². The van der Waals surface area contributed by atoms with Gasteiger partial charge in [0.1, 0.15) is 25.0 Å². The second kappa shape index (κ2) is 19.3. The molecular weight excluding hydrogens is 478 g/mol. The van der Waals surface area contributed by atoms with Gasteiger partial charge in [0.05, 0.1) is 12.0 Å². The molecule has 0 aliphatic heterocycles. The van der Waals surface area contributed by atoms with Crippen molar-refractivity contribution in [2.75, 3.05) is 33.4 Å². The van der Waals surface area contributed by atoms with Crippen LogP contribution in [0.15, 0.2) is 0 Å². The zero-order chi connectivity index (χ0) is 27.5. The smallest absolute Gasteiger partial charge is 0.326 e. The van der Waals surface area contributed by atoms with Crippen molar-refractivity contribution in [1.29, 1.82) is 0 Å². The zero-order valence-electron chi connectivity index (χ0n) is 20.9. The summed E-state index contributed by atoms with van der Waals surface area (Å²) in [6, 6.07) is -1.75. The average molecular weight is 518 g/mol. The summed E-state index contributed by atoms with van der Waals surface area (Å²) in [6.45, 7) is 1.45. The lowest BCUT2D eigenvalue weighted by Gasteiger charge is -2.15. The Morgan fingerprint density at radius 1 is 0.861 bits per heavy atom. The topological polar surface area (TPSA) is 208 Å². The molecule has 3 atom stereocenters. The normalized spacial score (nSPS) is 13.3. The predicted molar refractivity (Wildman–Crippen MR) is 127 cm³/mol. The van der Waals surface area contributed by atoms with Crippen molar-refractivity contribution in [3.8, 4) is 0 Å². The van der Waals surface area contributed by atoms with Crippen LogP contribution in [0.1, 0.15) is 58.3 Å². The summed E-state index contributed by atoms with van der Waals surface area (Å²) in [7, 11) is 1.62. The Labute approximate surface area is 210 Å². The largest absolute Gasteiger partial charge is 0.481 e. The maximum atomic E-state index is 12.2. The van der Waals surface area contributed by atoms with E-state index in [1.165, 1.54) is 0 Å². The molecule has 0 rings (SSSR count). The maximum Gasteiger partial charge on any atom is 0.326 e. The Balaban J connectivity index is 4.41. The van der Waals surface area contributed by atoms with E-state index in [0.717, 1.165) is 0 Å². The van der Waals surface area contributed by atoms with E-state index in [4.69, 9.17) is 9.84 Å². The van der Waals surface area contributed by atoms with Crippen molar-refractivity contribution in [3.05, 3.63) is 0 Å². The number of carbonyl (C=O) groups is 6. The van der Waals surface area contributed by atoms with E-state index in [1.807, 2.05) is 0 Å². The first-order chi connectivity index (χ1) is 17.0. The van der Waals surface area contributed by atoms with Gasteiger partial charge in [0.15, 0.2) is 5.78 Å². The van der Waals surface area contributed by atoms with Crippen LogP contribution in [0, 0.1) is 5.92 Å². The molecule has 6 N–H and O–H groups in total. The van der Waals surface area contributed by atoms with E-state index in [9.17, 15) is 39.0 Å². The quantitative estimate of drug-likeness (QED) is 0.0984. The Morgan fingerprint density at radius 3 is 2.11 bits per heavy atom. The third kappa shape index (κ3) is 15.2. The number of Topliss-reactive ketones (excluding diaryl/α,β-unsaturated/α-hetero) is 2. The van der Waals surface area contributed by atoms with E-state index in [2.05, 4.69) is 16.0 Å². The minimum atomic E-state index is -1.32. The average Bonchev–Trinajstić information content (AvgIpc) is 2.84. The lowest BCUT2D eigenvalue weighted by atomic mass is 9.94. The Kier molecular flexibility index (Phi) is 17.8. The number of aliphatic hydroxyl groups excluding tert-OH is 1. The molecule has 13 nitrogen and oxygen atoms in total. The highest BCUT2D eigenvalue weighted by Crippen LogP contribution is 2.15. The fraction of sp³-hybridized carbons (Fsp3) is 0.739. The van der Waals surface area contributed by atoms with Crippen molar-refractivity contribution in [3.63, 3.8) is 0 Å². The van der Waals surface area contributed by atoms with Crippen molar-refractivity contribution < 1.29 is 48.8 Å². The summed E-state index contributed by atoms with van der Waals surface area (Å²) in [6.07, 6.45) is 0.777. The van der Waals surface area contributed by atoms with Crippen LogP contribution in [0.3, 0.4) is 0 Å². The molecule has 0 aliphatic rings. The maximum absolute atomic E-state index is 12.2. The van der Waals surface area contributed by atoms with E-state index in [0.29, 0.717) is 25.8 Å². The number of carboxylic acid groups (broad SMARTS) is 2. The number of unbranched alkanes of at least 4 members (excludes halogenated alkanes) is 1. The summed E-state index contributed by atoms with van der Waals surface area (Å²) >= 11 is 0. The molecule has 0 spiro atoms. The van der Waals surface area contributed by atoms with Crippen molar-refractivity contribution in [2.45, 2.75) is 70.4 Å². The summed E-state index contributed by atoms with van der Waals surface area (Å²) < 4.78 is 4.90. The molecule has 0 unspecified atom stereocenters. The van der Waals surface area contributed by atoms with Gasteiger partial charge in [-0.2, -0.15) is 0 Å². The first-order valence-corrected chi connectivity index (χ1v) is 12.0. The number of carboxylic acids is 2. The summed E-state index contributed by atoms with van der Waals surface area (Å²) in [5.41, 5.74) is 0. The Morgan fingerprint density at radius 2 is 1.56 bits per heavy atom. The highest BCUT2D eigenvalue weighted by Gasteiger charge is 2.25. The van der Waals surface area contributed by atoms with Gasteiger partial charge in [0.25, 0.3) is 0 Å². The number of rotatable bonds is 22. The number of ether oxygens (including phenoxy) is 1. The van der Waals surface area contributed by atoms with Gasteiger partial charge in [-0.1, -0.05) is 0 Å². The molecule has 0 fully saturated rings. The molecule has 0 saturated carbocycles. The number of amides is 2. The van der Waals surface area contributed by atoms with Crippen LogP contribution in [0.25, 0.3) is 0 Å². The molecule has 0 saturated heterocycles. The summed E-state index contributed by atoms with van der Waals surface area (Å²) in [5.74, 6) is -5.44. The predicted octanol–water partition coefficient (Wildman–Crippen LogP) is -0.751. The second-order valence-corrected chi connectivity index (χ2v) is 8.26. The van der Waals surface area contributed by atoms with Gasteiger partial charge in [-0.3, -0.25) is 24.0 Å². The minimum Gasteiger partial charge on any atom is -0.481 e. The zero-order valence-corrected chi connectivity index (χ0v) is 20.9. The van der Waals surface area contributed by atoms with E-state index in [1.54, 1.807) is 14.0 Å². The van der Waals surface area contributed by atoms with Crippen LogP contribution < -0.4 is 16.0 Å². The molecule has 0 heterocycles. The number of ketones is 2. The van der Waals surface area contributed by atoms with Gasteiger partial charge in [-0.05, 0) is 46.1 Å². The third-order valence-corrected chi connectivity index (χ3v) is 5.46. The highest BCUT2D eigenvalue weighted by atomic mass is 16.5. The summed E-state index contributed by atoms with van der Waals surface area (Å²) in [5, 5.41) is 35.2. The van der Waals surface area contributed by atoms with Crippen LogP contribution in [0.2, 0.25) is 0 Å². The molecule has 0 radical (unpaired) electrons. The molecule has 0 aliphatic carbocycles. The van der Waals surface area contributed by atoms with Gasteiger partial charge in [0.2, 0.25) is 11.8 Å². The molecule has 0 aromatic heterocycles. The number of likely N-dealkylation sites (N-methyl/N-ethyl adjacent to an activating group) is 1. The molecular formula is C23H39N3O10. The molecule has 2 amide bonds. The first kappa shape index (κ1) is 33.1. The Bertz CT molecular complexity index is 744. The lowest BCUT2D eigenvalue weighted by molar-refractivity contribution is -0.145. The van der Waals surface area contributed by atoms with Crippen molar-refractivity contribution >= 4 is 35.3 Å². The monoisotopic (exact) mass is 517 g/mol. The van der Waals surface area contributed by atoms with Crippen molar-refractivity contribution in [2.24, 2.45) is 5.92 Å². The number of aliphatic hydroxyl groups is 1. The van der Waals surface area contributed by atoms with E-state index in [-0.39, 0.29) is 57.0 Å². The lowest BCUT2D eigenvalue weighted by Crippen LogP contribution is -2.42. The van der Waals surface area contributed by atoms with Gasteiger partial charge in [-0.15, -0.1) is 0 Å². The van der Waals surface area contributed by atoms with Gasteiger partial charge < -0.3 is 36.0 Å². The highest BCUT2D eigenvalue weighted by molar-refractivity contribution is 5.87. The fourth-order valence-corrected chi connectivity index (χ4v) is 3.35. The molecule has 0 bridgehead atoms. The number of hydrogen-bond acceptors (Lipinski definition) is 9. The van der Waals surface area contributed by atoms with Crippen LogP contribution in [-0.4, -0.2) is 96.1 Å². The van der Waals surface area contributed by atoms with Crippen LogP contribution in [0.4, 0.5) is 0 Å². The SMILES string of the molecule is CCOCC(=O)N[C@@H](CCC(=O)C[C@@H](CCC(=O)NCCCC[C@H](NC)C(=O)CO)C(=O)O)C(=O)O. The van der Waals surface area contributed by atoms with E-state index < -0.39 is 48.2 Å². The van der Waals surface area contributed by atoms with Crippen LogP contribution in [0.5, 0.6) is 0 Å². The second-order valence-electron chi connectivity index (χ2n) is 8.26. The molecule has 36 heavy (non-hydrogen) atoms. The molecule has 206 valence electrons. The van der Waals surface area contributed by atoms with E-state index >= 15 is 0 Å². The number of nitrogens with one attached hydrogen (secondary N) is 3.